The SMILES string of the molecule is CCNCc1cc2c3c(ccc2n1C)-c1[nH]c(=O)c(C(=O)O)c(O)c1C(C)CC3. The van der Waals surface area contributed by atoms with Gasteiger partial charge in [0.15, 0.2) is 5.56 Å². The molecule has 152 valence electrons. The van der Waals surface area contributed by atoms with Crippen LogP contribution in [0, 0.1) is 0 Å². The molecule has 2 aromatic heterocycles. The number of pyridine rings is 1. The van der Waals surface area contributed by atoms with Crippen molar-refractivity contribution in [3.05, 3.63) is 50.9 Å². The fraction of sp³-hybridized carbons (Fsp3) is 0.364. The average Bonchev–Trinajstić information content (AvgIpc) is 2.91. The van der Waals surface area contributed by atoms with Gasteiger partial charge in [0.1, 0.15) is 5.75 Å². The molecular weight excluding hydrogens is 370 g/mol. The van der Waals surface area contributed by atoms with Crippen LogP contribution in [0.3, 0.4) is 0 Å². The predicted molar refractivity (Wildman–Crippen MR) is 112 cm³/mol. The van der Waals surface area contributed by atoms with Gasteiger partial charge in [-0.05, 0) is 43.0 Å². The van der Waals surface area contributed by atoms with Crippen LogP contribution in [0.2, 0.25) is 0 Å². The second kappa shape index (κ2) is 7.08. The molecule has 0 spiro atoms. The zero-order valence-corrected chi connectivity index (χ0v) is 16.8. The van der Waals surface area contributed by atoms with Crippen molar-refractivity contribution in [3.63, 3.8) is 0 Å². The summed E-state index contributed by atoms with van der Waals surface area (Å²) in [5, 5.41) is 24.5. The van der Waals surface area contributed by atoms with E-state index in [2.05, 4.69) is 27.9 Å². The Kier molecular flexibility index (Phi) is 4.70. The number of carboxylic acids is 1. The molecule has 0 amide bonds. The fourth-order valence-corrected chi connectivity index (χ4v) is 4.45. The number of hydrogen-bond acceptors (Lipinski definition) is 4. The summed E-state index contributed by atoms with van der Waals surface area (Å²) in [6.07, 6.45) is 1.52. The van der Waals surface area contributed by atoms with Crippen LogP contribution in [0.15, 0.2) is 23.0 Å². The van der Waals surface area contributed by atoms with Crippen LogP contribution in [-0.2, 0) is 20.0 Å². The molecule has 1 aromatic carbocycles. The highest BCUT2D eigenvalue weighted by atomic mass is 16.4. The molecule has 0 bridgehead atoms. The molecule has 4 rings (SSSR count). The zero-order valence-electron chi connectivity index (χ0n) is 16.8. The number of nitrogens with zero attached hydrogens (tertiary/aromatic N) is 1. The second-order valence-electron chi connectivity index (χ2n) is 7.71. The largest absolute Gasteiger partial charge is 0.506 e. The van der Waals surface area contributed by atoms with Gasteiger partial charge in [-0.1, -0.05) is 19.9 Å². The van der Waals surface area contributed by atoms with Gasteiger partial charge in [0.2, 0.25) is 0 Å². The fourth-order valence-electron chi connectivity index (χ4n) is 4.45. The maximum Gasteiger partial charge on any atom is 0.345 e. The normalized spacial score (nSPS) is 15.8. The molecule has 1 atom stereocenters. The van der Waals surface area contributed by atoms with Gasteiger partial charge in [-0.2, -0.15) is 0 Å². The lowest BCUT2D eigenvalue weighted by Gasteiger charge is -2.16. The van der Waals surface area contributed by atoms with Crippen LogP contribution in [0.1, 0.15) is 53.4 Å². The molecule has 29 heavy (non-hydrogen) atoms. The number of carboxylic acid groups (broad SMARTS) is 1. The van der Waals surface area contributed by atoms with Gasteiger partial charge in [-0.3, -0.25) is 4.79 Å². The highest BCUT2D eigenvalue weighted by molar-refractivity contribution is 5.95. The molecule has 2 heterocycles. The van der Waals surface area contributed by atoms with E-state index in [0.29, 0.717) is 11.3 Å². The molecule has 1 aliphatic rings. The summed E-state index contributed by atoms with van der Waals surface area (Å²) in [6, 6.07) is 6.15. The van der Waals surface area contributed by atoms with E-state index in [4.69, 9.17) is 0 Å². The molecular formula is C22H25N3O4. The summed E-state index contributed by atoms with van der Waals surface area (Å²) in [4.78, 5) is 26.6. The lowest BCUT2D eigenvalue weighted by molar-refractivity contribution is 0.0691. The van der Waals surface area contributed by atoms with Crippen LogP contribution in [-0.4, -0.2) is 32.3 Å². The number of aromatic amines is 1. The number of rotatable bonds is 4. The van der Waals surface area contributed by atoms with Gasteiger partial charge in [0.05, 0.1) is 5.69 Å². The summed E-state index contributed by atoms with van der Waals surface area (Å²) in [7, 11) is 2.04. The Labute approximate surface area is 168 Å². The number of nitrogens with one attached hydrogen (secondary N) is 2. The molecule has 1 aliphatic carbocycles. The van der Waals surface area contributed by atoms with Crippen molar-refractivity contribution in [2.24, 2.45) is 7.05 Å². The highest BCUT2D eigenvalue weighted by Gasteiger charge is 2.29. The Morgan fingerprint density at radius 1 is 1.38 bits per heavy atom. The van der Waals surface area contributed by atoms with Crippen LogP contribution < -0.4 is 10.9 Å². The molecule has 7 heteroatoms. The van der Waals surface area contributed by atoms with Crippen molar-refractivity contribution in [2.45, 2.75) is 39.2 Å². The average molecular weight is 395 g/mol. The first-order valence-corrected chi connectivity index (χ1v) is 9.88. The molecule has 0 saturated carbocycles. The standard InChI is InChI=1S/C22H25N3O4/c1-4-23-10-12-9-15-13-6-5-11(2)17-19(14(13)7-8-16(15)25(12)3)24-21(27)18(20(17)26)22(28)29/h7-9,11,23H,4-6,10H2,1-3H3,(H,28,29)(H2,24,26,27). The summed E-state index contributed by atoms with van der Waals surface area (Å²) >= 11 is 0. The molecule has 0 fully saturated rings. The first kappa shape index (κ1) is 19.3. The van der Waals surface area contributed by atoms with E-state index in [1.807, 2.05) is 26.1 Å². The first-order valence-electron chi connectivity index (χ1n) is 9.88. The monoisotopic (exact) mass is 395 g/mol. The molecule has 0 aliphatic heterocycles. The minimum atomic E-state index is -1.42. The van der Waals surface area contributed by atoms with Gasteiger partial charge >= 0.3 is 5.97 Å². The van der Waals surface area contributed by atoms with Crippen LogP contribution in [0.4, 0.5) is 0 Å². The molecule has 0 saturated heterocycles. The third-order valence-corrected chi connectivity index (χ3v) is 6.02. The topological polar surface area (TPSA) is 107 Å². The zero-order chi connectivity index (χ0) is 20.9. The molecule has 7 nitrogen and oxygen atoms in total. The van der Waals surface area contributed by atoms with Crippen molar-refractivity contribution in [3.8, 4) is 17.0 Å². The highest BCUT2D eigenvalue weighted by Crippen LogP contribution is 2.43. The van der Waals surface area contributed by atoms with Gasteiger partial charge in [0.25, 0.3) is 5.56 Å². The van der Waals surface area contributed by atoms with Gasteiger partial charge < -0.3 is 25.1 Å². The van der Waals surface area contributed by atoms with E-state index in [1.165, 1.54) is 5.69 Å². The summed E-state index contributed by atoms with van der Waals surface area (Å²) in [5.41, 5.74) is 3.90. The molecule has 1 unspecified atom stereocenters. The van der Waals surface area contributed by atoms with Crippen molar-refractivity contribution >= 4 is 16.9 Å². The molecule has 0 radical (unpaired) electrons. The summed E-state index contributed by atoms with van der Waals surface area (Å²) in [5.74, 6) is -1.93. The number of aromatic carboxylic acids is 1. The smallest absolute Gasteiger partial charge is 0.345 e. The number of fused-ring (bicyclic) bond motifs is 5. The minimum Gasteiger partial charge on any atom is -0.506 e. The molecule has 3 aromatic rings. The number of hydrogen-bond donors (Lipinski definition) is 4. The van der Waals surface area contributed by atoms with E-state index >= 15 is 0 Å². The Morgan fingerprint density at radius 2 is 2.14 bits per heavy atom. The van der Waals surface area contributed by atoms with E-state index < -0.39 is 22.8 Å². The van der Waals surface area contributed by atoms with Crippen LogP contribution in [0.5, 0.6) is 5.75 Å². The van der Waals surface area contributed by atoms with E-state index in [-0.39, 0.29) is 5.92 Å². The third-order valence-electron chi connectivity index (χ3n) is 6.02. The lowest BCUT2D eigenvalue weighted by atomic mass is 9.93. The number of aromatic nitrogens is 2. The summed E-state index contributed by atoms with van der Waals surface area (Å²) in [6.45, 7) is 5.67. The Balaban J connectivity index is 2.00. The van der Waals surface area contributed by atoms with Gasteiger partial charge in [-0.25, -0.2) is 4.79 Å². The first-order chi connectivity index (χ1) is 13.8. The minimum absolute atomic E-state index is 0.0904. The maximum absolute atomic E-state index is 12.4. The van der Waals surface area contributed by atoms with Crippen molar-refractivity contribution < 1.29 is 15.0 Å². The second-order valence-corrected chi connectivity index (χ2v) is 7.71. The number of benzene rings is 1. The van der Waals surface area contributed by atoms with Crippen molar-refractivity contribution in [1.82, 2.24) is 14.9 Å². The van der Waals surface area contributed by atoms with Crippen LogP contribution in [0.25, 0.3) is 22.2 Å². The third kappa shape index (κ3) is 2.93. The van der Waals surface area contributed by atoms with Crippen LogP contribution >= 0.6 is 0 Å². The van der Waals surface area contributed by atoms with E-state index in [1.54, 1.807) is 0 Å². The van der Waals surface area contributed by atoms with Gasteiger partial charge in [-0.15, -0.1) is 0 Å². The number of aryl methyl sites for hydroxylation is 2. The summed E-state index contributed by atoms with van der Waals surface area (Å²) < 4.78 is 2.17. The quantitative estimate of drug-likeness (QED) is 0.543. The number of carbonyl (C=O) groups is 1. The van der Waals surface area contributed by atoms with E-state index in [0.717, 1.165) is 48.0 Å². The number of H-pyrrole nitrogens is 1. The van der Waals surface area contributed by atoms with Gasteiger partial charge in [0, 0.05) is 41.3 Å². The van der Waals surface area contributed by atoms with Crippen molar-refractivity contribution in [1.29, 1.82) is 0 Å². The maximum atomic E-state index is 12.4. The number of aromatic hydroxyl groups is 1. The Morgan fingerprint density at radius 3 is 2.83 bits per heavy atom. The Bertz CT molecular complexity index is 1190. The van der Waals surface area contributed by atoms with Crippen molar-refractivity contribution in [2.75, 3.05) is 6.54 Å². The van der Waals surface area contributed by atoms with E-state index in [9.17, 15) is 19.8 Å². The predicted octanol–water partition coefficient (Wildman–Crippen LogP) is 3.10. The Hall–Kier alpha value is -3.06. The lowest BCUT2D eigenvalue weighted by Crippen LogP contribution is -2.20. The molecule has 4 N–H and O–H groups in total.